The lowest BCUT2D eigenvalue weighted by atomic mass is 10.2. The van der Waals surface area contributed by atoms with Gasteiger partial charge in [-0.25, -0.2) is 0 Å². The van der Waals surface area contributed by atoms with Crippen LogP contribution in [-0.2, 0) is 24.8 Å². The van der Waals surface area contributed by atoms with Gasteiger partial charge in [-0.3, -0.25) is 14.5 Å². The van der Waals surface area contributed by atoms with Crippen molar-refractivity contribution in [1.82, 2.24) is 19.6 Å². The molecule has 0 saturated carbocycles. The van der Waals surface area contributed by atoms with E-state index in [-0.39, 0.29) is 0 Å². The van der Waals surface area contributed by atoms with Gasteiger partial charge in [0.25, 0.3) is 0 Å². The van der Waals surface area contributed by atoms with Crippen molar-refractivity contribution < 1.29 is 4.74 Å². The van der Waals surface area contributed by atoms with Gasteiger partial charge in [0.2, 0.25) is 0 Å². The molecule has 0 aromatic carbocycles. The second-order valence-electron chi connectivity index (χ2n) is 5.22. The molecule has 0 bridgehead atoms. The third-order valence-electron chi connectivity index (χ3n) is 3.71. The average Bonchev–Trinajstić information content (AvgIpc) is 2.78. The van der Waals surface area contributed by atoms with Gasteiger partial charge in [0.05, 0.1) is 24.8 Å². The van der Waals surface area contributed by atoms with Crippen molar-refractivity contribution >= 4 is 0 Å². The number of aromatic nitrogens is 2. The van der Waals surface area contributed by atoms with Crippen molar-refractivity contribution in [2.75, 3.05) is 46.4 Å². The van der Waals surface area contributed by atoms with Crippen LogP contribution in [0.25, 0.3) is 0 Å². The highest BCUT2D eigenvalue weighted by molar-refractivity contribution is 5.20. The van der Waals surface area contributed by atoms with Crippen LogP contribution in [0.1, 0.15) is 11.3 Å². The van der Waals surface area contributed by atoms with Crippen LogP contribution in [0.2, 0.25) is 0 Å². The minimum Gasteiger partial charge on any atom is -0.383 e. The lowest BCUT2D eigenvalue weighted by molar-refractivity contribution is 0.0930. The molecule has 2 rings (SSSR count). The van der Waals surface area contributed by atoms with Crippen molar-refractivity contribution in [3.05, 3.63) is 17.5 Å². The van der Waals surface area contributed by atoms with Crippen LogP contribution in [0.15, 0.2) is 6.20 Å². The smallest absolute Gasteiger partial charge is 0.0807 e. The Bertz CT molecular complexity index is 457. The fraction of sp³-hybridized carbons (Fsp3) is 0.714. The topological polar surface area (TPSA) is 57.3 Å². The molecule has 20 heavy (non-hydrogen) atoms. The number of nitrogens with zero attached hydrogens (tertiary/aromatic N) is 5. The number of methoxy groups -OCH3 is 1. The number of piperazine rings is 1. The summed E-state index contributed by atoms with van der Waals surface area (Å²) in [6, 6.07) is 2.21. The van der Waals surface area contributed by atoms with E-state index in [0.29, 0.717) is 6.42 Å². The van der Waals surface area contributed by atoms with Crippen LogP contribution < -0.4 is 0 Å². The number of nitriles is 1. The van der Waals surface area contributed by atoms with Crippen molar-refractivity contribution in [2.24, 2.45) is 7.05 Å². The van der Waals surface area contributed by atoms with E-state index in [9.17, 15) is 0 Å². The molecule has 110 valence electrons. The van der Waals surface area contributed by atoms with Gasteiger partial charge in [0, 0.05) is 65.2 Å². The van der Waals surface area contributed by atoms with Gasteiger partial charge in [-0.05, 0) is 0 Å². The summed E-state index contributed by atoms with van der Waals surface area (Å²) in [4.78, 5) is 4.83. The lowest BCUT2D eigenvalue weighted by Gasteiger charge is -2.34. The van der Waals surface area contributed by atoms with Gasteiger partial charge in [0.15, 0.2) is 0 Å². The number of aryl methyl sites for hydroxylation is 1. The Morgan fingerprint density at radius 1 is 1.30 bits per heavy atom. The summed E-state index contributed by atoms with van der Waals surface area (Å²) in [5, 5.41) is 13.3. The van der Waals surface area contributed by atoms with Crippen molar-refractivity contribution in [1.29, 1.82) is 5.26 Å². The zero-order valence-corrected chi connectivity index (χ0v) is 12.4. The summed E-state index contributed by atoms with van der Waals surface area (Å²) in [5.41, 5.74) is 2.09. The van der Waals surface area contributed by atoms with Gasteiger partial charge < -0.3 is 4.74 Å². The summed E-state index contributed by atoms with van der Waals surface area (Å²) in [5.74, 6) is 0. The molecule has 1 saturated heterocycles. The van der Waals surface area contributed by atoms with E-state index in [0.717, 1.165) is 57.1 Å². The molecule has 0 spiro atoms. The molecule has 0 N–H and O–H groups in total. The lowest BCUT2D eigenvalue weighted by Crippen LogP contribution is -2.46. The summed E-state index contributed by atoms with van der Waals surface area (Å²) in [7, 11) is 3.65. The van der Waals surface area contributed by atoms with E-state index in [1.165, 1.54) is 0 Å². The molecule has 1 aromatic rings. The van der Waals surface area contributed by atoms with Crippen LogP contribution in [0.3, 0.4) is 0 Å². The standard InChI is InChI=1S/C14H23N5O/c1-17-11-13(3-4-15)14(16-17)12-19-7-5-18(6-8-19)9-10-20-2/h11H,3,5-10,12H2,1-2H3. The van der Waals surface area contributed by atoms with Crippen LogP contribution in [-0.4, -0.2) is 66.0 Å². The Balaban J connectivity index is 1.85. The predicted octanol–water partition coefficient (Wildman–Crippen LogP) is 0.250. The summed E-state index contributed by atoms with van der Waals surface area (Å²) in [6.45, 7) is 6.89. The van der Waals surface area contributed by atoms with Crippen molar-refractivity contribution in [2.45, 2.75) is 13.0 Å². The van der Waals surface area contributed by atoms with E-state index < -0.39 is 0 Å². The second kappa shape index (κ2) is 7.39. The van der Waals surface area contributed by atoms with Gasteiger partial charge >= 0.3 is 0 Å². The first kappa shape index (κ1) is 15.0. The number of ether oxygens (including phenoxy) is 1. The molecule has 0 aliphatic carbocycles. The summed E-state index contributed by atoms with van der Waals surface area (Å²) >= 11 is 0. The average molecular weight is 277 g/mol. The minimum atomic E-state index is 0.441. The Kier molecular flexibility index (Phi) is 5.53. The van der Waals surface area contributed by atoms with Crippen LogP contribution in [0, 0.1) is 11.3 Å². The molecule has 1 aliphatic rings. The van der Waals surface area contributed by atoms with Gasteiger partial charge in [-0.2, -0.15) is 10.4 Å². The second-order valence-corrected chi connectivity index (χ2v) is 5.22. The quantitative estimate of drug-likeness (QED) is 0.746. The van der Waals surface area contributed by atoms with E-state index in [2.05, 4.69) is 21.0 Å². The largest absolute Gasteiger partial charge is 0.383 e. The Morgan fingerprint density at radius 2 is 2.00 bits per heavy atom. The van der Waals surface area contributed by atoms with E-state index in [1.807, 2.05) is 13.2 Å². The highest BCUT2D eigenvalue weighted by atomic mass is 16.5. The van der Waals surface area contributed by atoms with Crippen molar-refractivity contribution in [3.63, 3.8) is 0 Å². The highest BCUT2D eigenvalue weighted by Gasteiger charge is 2.18. The first-order chi connectivity index (χ1) is 9.72. The molecule has 6 heteroatoms. The molecular weight excluding hydrogens is 254 g/mol. The normalized spacial score (nSPS) is 17.2. The molecule has 0 unspecified atom stereocenters. The Morgan fingerprint density at radius 3 is 2.65 bits per heavy atom. The molecule has 2 heterocycles. The third kappa shape index (κ3) is 4.04. The zero-order valence-electron chi connectivity index (χ0n) is 12.4. The molecular formula is C14H23N5O. The van der Waals surface area contributed by atoms with Gasteiger partial charge in [0.1, 0.15) is 0 Å². The first-order valence-corrected chi connectivity index (χ1v) is 7.05. The van der Waals surface area contributed by atoms with Gasteiger partial charge in [-0.15, -0.1) is 0 Å². The third-order valence-corrected chi connectivity index (χ3v) is 3.71. The maximum absolute atomic E-state index is 8.86. The maximum Gasteiger partial charge on any atom is 0.0807 e. The number of hydrogen-bond donors (Lipinski definition) is 0. The maximum atomic E-state index is 8.86. The zero-order chi connectivity index (χ0) is 14.4. The molecule has 1 aliphatic heterocycles. The molecule has 1 fully saturated rings. The minimum absolute atomic E-state index is 0.441. The molecule has 0 radical (unpaired) electrons. The van der Waals surface area contributed by atoms with E-state index >= 15 is 0 Å². The predicted molar refractivity (Wildman–Crippen MR) is 76.1 cm³/mol. The Hall–Kier alpha value is -1.42. The summed E-state index contributed by atoms with van der Waals surface area (Å²) in [6.07, 6.45) is 2.39. The van der Waals surface area contributed by atoms with Crippen LogP contribution in [0.4, 0.5) is 0 Å². The monoisotopic (exact) mass is 277 g/mol. The van der Waals surface area contributed by atoms with E-state index in [4.69, 9.17) is 10.00 Å². The summed E-state index contributed by atoms with van der Waals surface area (Å²) < 4.78 is 6.92. The number of rotatable bonds is 6. The van der Waals surface area contributed by atoms with Crippen LogP contribution >= 0.6 is 0 Å². The van der Waals surface area contributed by atoms with Crippen molar-refractivity contribution in [3.8, 4) is 6.07 Å². The molecule has 6 nitrogen and oxygen atoms in total. The fourth-order valence-corrected chi connectivity index (χ4v) is 2.55. The fourth-order valence-electron chi connectivity index (χ4n) is 2.55. The highest BCUT2D eigenvalue weighted by Crippen LogP contribution is 2.12. The first-order valence-electron chi connectivity index (χ1n) is 7.05. The SMILES string of the molecule is COCCN1CCN(Cc2nn(C)cc2CC#N)CC1. The van der Waals surface area contributed by atoms with Gasteiger partial charge in [-0.1, -0.05) is 0 Å². The molecule has 0 atom stereocenters. The van der Waals surface area contributed by atoms with E-state index in [1.54, 1.807) is 11.8 Å². The number of hydrogen-bond acceptors (Lipinski definition) is 5. The molecule has 0 amide bonds. The van der Waals surface area contributed by atoms with Crippen LogP contribution in [0.5, 0.6) is 0 Å². The molecule has 1 aromatic heterocycles. The Labute approximate surface area is 120 Å².